The van der Waals surface area contributed by atoms with E-state index in [1.54, 1.807) is 32.6 Å². The predicted octanol–water partition coefficient (Wildman–Crippen LogP) is 1.22. The first-order valence-electron chi connectivity index (χ1n) is 7.98. The van der Waals surface area contributed by atoms with Crippen LogP contribution >= 0.6 is 0 Å². The number of pyridine rings is 1. The smallest absolute Gasteiger partial charge is 0.341 e. The fourth-order valence-corrected chi connectivity index (χ4v) is 2.71. The number of rotatable bonds is 4. The number of hydrogen-bond donors (Lipinski definition) is 1. The van der Waals surface area contributed by atoms with Crippen LogP contribution in [0.2, 0.25) is 0 Å². The van der Waals surface area contributed by atoms with Gasteiger partial charge < -0.3 is 14.7 Å². The largest absolute Gasteiger partial charge is 0.477 e. The lowest BCUT2D eigenvalue weighted by Crippen LogP contribution is -2.54. The number of hydrogen-bond acceptors (Lipinski definition) is 6. The topological polar surface area (TPSA) is 113 Å². The van der Waals surface area contributed by atoms with E-state index in [9.17, 15) is 19.6 Å². The van der Waals surface area contributed by atoms with E-state index in [4.69, 9.17) is 9.84 Å². The summed E-state index contributed by atoms with van der Waals surface area (Å²) >= 11 is 0. The molecule has 134 valence electrons. The molecule has 0 aromatic carbocycles. The number of ether oxygens (including phenoxy) is 1. The molecule has 0 saturated carbocycles. The summed E-state index contributed by atoms with van der Waals surface area (Å²) in [5.41, 5.74) is -1.58. The minimum absolute atomic E-state index is 0.0986. The van der Waals surface area contributed by atoms with Gasteiger partial charge in [-0.25, -0.2) is 4.79 Å². The van der Waals surface area contributed by atoms with Gasteiger partial charge in [-0.1, -0.05) is 0 Å². The van der Waals surface area contributed by atoms with Gasteiger partial charge in [-0.3, -0.25) is 14.2 Å². The third-order valence-corrected chi connectivity index (χ3v) is 3.85. The maximum absolute atomic E-state index is 12.3. The second-order valence-corrected chi connectivity index (χ2v) is 6.90. The van der Waals surface area contributed by atoms with Crippen molar-refractivity contribution in [3.05, 3.63) is 27.5 Å². The summed E-state index contributed by atoms with van der Waals surface area (Å²) in [5.74, 6) is -1.69. The highest BCUT2D eigenvalue weighted by Gasteiger charge is 2.38. The number of carbonyl (C=O) groups is 2. The molecule has 0 radical (unpaired) electrons. The molecule has 0 aliphatic carbocycles. The average Bonchev–Trinajstić information content (AvgIpc) is 2.43. The van der Waals surface area contributed by atoms with Crippen molar-refractivity contribution < 1.29 is 19.4 Å². The molecule has 1 aliphatic rings. The minimum atomic E-state index is -1.37. The normalized spacial score (nSPS) is 14.6. The number of carbonyl (C=O) groups excluding carboxylic acids is 1. The summed E-state index contributed by atoms with van der Waals surface area (Å²) in [6.07, 6.45) is 0. The van der Waals surface area contributed by atoms with Gasteiger partial charge in [0.15, 0.2) is 0 Å². The first-order valence-corrected chi connectivity index (χ1v) is 7.98. The second kappa shape index (κ2) is 6.59. The van der Waals surface area contributed by atoms with Gasteiger partial charge >= 0.3 is 11.9 Å². The molecule has 8 heteroatoms. The molecule has 1 N–H and O–H groups in total. The molecular formula is C17H21N3O5. The SMILES string of the molecule is CCn1c(N2CC(C(=O)OC(C)(C)C)C2)c(C#N)cc(C(=O)O)c1=O. The zero-order valence-corrected chi connectivity index (χ0v) is 14.7. The van der Waals surface area contributed by atoms with E-state index >= 15 is 0 Å². The van der Waals surface area contributed by atoms with Crippen molar-refractivity contribution in [2.75, 3.05) is 18.0 Å². The molecular weight excluding hydrogens is 326 g/mol. The Morgan fingerprint density at radius 2 is 2.00 bits per heavy atom. The molecule has 0 unspecified atom stereocenters. The molecule has 0 spiro atoms. The van der Waals surface area contributed by atoms with Crippen LogP contribution in [-0.4, -0.2) is 40.3 Å². The van der Waals surface area contributed by atoms with Crippen molar-refractivity contribution in [2.45, 2.75) is 39.8 Å². The molecule has 2 heterocycles. The van der Waals surface area contributed by atoms with Gasteiger partial charge in [0, 0.05) is 19.6 Å². The van der Waals surface area contributed by atoms with Crippen molar-refractivity contribution in [1.82, 2.24) is 4.57 Å². The summed E-state index contributed by atoms with van der Waals surface area (Å²) in [6.45, 7) is 7.91. The average molecular weight is 347 g/mol. The third kappa shape index (κ3) is 3.65. The standard InChI is InChI=1S/C17H21N3O5/c1-5-20-13(10(7-18)6-12(14(20)21)15(22)23)19-8-11(9-19)16(24)25-17(2,3)4/h6,11H,5,8-9H2,1-4H3,(H,22,23). The number of anilines is 1. The van der Waals surface area contributed by atoms with Crippen LogP contribution in [0.1, 0.15) is 43.6 Å². The highest BCUT2D eigenvalue weighted by Crippen LogP contribution is 2.29. The van der Waals surface area contributed by atoms with E-state index in [1.807, 2.05) is 6.07 Å². The monoisotopic (exact) mass is 347 g/mol. The van der Waals surface area contributed by atoms with Crippen molar-refractivity contribution in [1.29, 1.82) is 5.26 Å². The molecule has 2 rings (SSSR count). The quantitative estimate of drug-likeness (QED) is 0.815. The highest BCUT2D eigenvalue weighted by molar-refractivity contribution is 5.88. The summed E-state index contributed by atoms with van der Waals surface area (Å²) in [5, 5.41) is 18.5. The Kier molecular flexibility index (Phi) is 4.88. The van der Waals surface area contributed by atoms with E-state index < -0.39 is 22.7 Å². The second-order valence-electron chi connectivity index (χ2n) is 6.90. The molecule has 0 atom stereocenters. The Labute approximate surface area is 145 Å². The number of carboxylic acid groups (broad SMARTS) is 1. The van der Waals surface area contributed by atoms with Crippen LogP contribution in [0.5, 0.6) is 0 Å². The number of nitriles is 1. The summed E-state index contributed by atoms with van der Waals surface area (Å²) in [4.78, 5) is 37.3. The van der Waals surface area contributed by atoms with Crippen molar-refractivity contribution >= 4 is 17.8 Å². The van der Waals surface area contributed by atoms with Gasteiger partial charge in [0.2, 0.25) is 0 Å². The molecule has 0 amide bonds. The molecule has 1 aromatic rings. The molecule has 1 fully saturated rings. The Bertz CT molecular complexity index is 807. The molecule has 1 aliphatic heterocycles. The fourth-order valence-electron chi connectivity index (χ4n) is 2.71. The Hall–Kier alpha value is -2.82. The fraction of sp³-hybridized carbons (Fsp3) is 0.529. The number of esters is 1. The Morgan fingerprint density at radius 1 is 1.40 bits per heavy atom. The first-order chi connectivity index (χ1) is 11.6. The van der Waals surface area contributed by atoms with Crippen molar-refractivity contribution in [3.63, 3.8) is 0 Å². The lowest BCUT2D eigenvalue weighted by Gasteiger charge is -2.41. The van der Waals surface area contributed by atoms with Crippen LogP contribution in [0.4, 0.5) is 5.82 Å². The van der Waals surface area contributed by atoms with Gasteiger partial charge in [0.25, 0.3) is 5.56 Å². The predicted molar refractivity (Wildman–Crippen MR) is 89.6 cm³/mol. The minimum Gasteiger partial charge on any atom is -0.477 e. The van der Waals surface area contributed by atoms with Crippen LogP contribution in [0.3, 0.4) is 0 Å². The third-order valence-electron chi connectivity index (χ3n) is 3.85. The van der Waals surface area contributed by atoms with Gasteiger partial charge in [-0.15, -0.1) is 0 Å². The van der Waals surface area contributed by atoms with Crippen molar-refractivity contribution in [2.24, 2.45) is 5.92 Å². The number of nitrogens with zero attached hydrogens (tertiary/aromatic N) is 3. The van der Waals surface area contributed by atoms with Crippen LogP contribution < -0.4 is 10.5 Å². The van der Waals surface area contributed by atoms with E-state index in [1.165, 1.54) is 4.57 Å². The van der Waals surface area contributed by atoms with Gasteiger partial charge in [0.05, 0.1) is 11.5 Å². The summed E-state index contributed by atoms with van der Waals surface area (Å²) in [6, 6.07) is 3.03. The van der Waals surface area contributed by atoms with E-state index in [-0.39, 0.29) is 24.0 Å². The molecule has 8 nitrogen and oxygen atoms in total. The molecule has 1 aromatic heterocycles. The van der Waals surface area contributed by atoms with E-state index in [0.29, 0.717) is 18.9 Å². The van der Waals surface area contributed by atoms with E-state index in [2.05, 4.69) is 0 Å². The van der Waals surface area contributed by atoms with Gasteiger partial charge in [-0.2, -0.15) is 5.26 Å². The zero-order valence-electron chi connectivity index (χ0n) is 14.7. The summed E-state index contributed by atoms with van der Waals surface area (Å²) in [7, 11) is 0. The molecule has 0 bridgehead atoms. The Balaban J connectivity index is 2.32. The van der Waals surface area contributed by atoms with Crippen molar-refractivity contribution in [3.8, 4) is 6.07 Å². The highest BCUT2D eigenvalue weighted by atomic mass is 16.6. The van der Waals surface area contributed by atoms with Crippen LogP contribution in [0, 0.1) is 17.2 Å². The van der Waals surface area contributed by atoms with Crippen LogP contribution in [0.15, 0.2) is 10.9 Å². The maximum Gasteiger partial charge on any atom is 0.341 e. The molecule has 1 saturated heterocycles. The number of aromatic nitrogens is 1. The first kappa shape index (κ1) is 18.5. The van der Waals surface area contributed by atoms with Gasteiger partial charge in [-0.05, 0) is 33.8 Å². The summed E-state index contributed by atoms with van der Waals surface area (Å²) < 4.78 is 6.59. The van der Waals surface area contributed by atoms with Crippen LogP contribution in [-0.2, 0) is 16.1 Å². The number of carboxylic acids is 1. The van der Waals surface area contributed by atoms with E-state index in [0.717, 1.165) is 6.07 Å². The number of aromatic carboxylic acids is 1. The zero-order chi connectivity index (χ0) is 18.9. The molecule has 25 heavy (non-hydrogen) atoms. The van der Waals surface area contributed by atoms with Crippen LogP contribution in [0.25, 0.3) is 0 Å². The lowest BCUT2D eigenvalue weighted by atomic mass is 9.98. The lowest BCUT2D eigenvalue weighted by molar-refractivity contribution is -0.160. The maximum atomic E-state index is 12.3. The Morgan fingerprint density at radius 3 is 2.44 bits per heavy atom. The van der Waals surface area contributed by atoms with Gasteiger partial charge in [0.1, 0.15) is 23.1 Å².